The lowest BCUT2D eigenvalue weighted by Crippen LogP contribution is -2.37. The largest absolute Gasteiger partial charge is 0.344 e. The van der Waals surface area contributed by atoms with Crippen LogP contribution in [0.2, 0.25) is 0 Å². The summed E-state index contributed by atoms with van der Waals surface area (Å²) in [5.41, 5.74) is 2.68. The number of benzene rings is 1. The fourth-order valence-corrected chi connectivity index (χ4v) is 2.28. The Hall–Kier alpha value is -1.35. The molecule has 0 aliphatic carbocycles. The van der Waals surface area contributed by atoms with Gasteiger partial charge in [-0.25, -0.2) is 0 Å². The Labute approximate surface area is 103 Å². The number of aryl methyl sites for hydroxylation is 1. The zero-order valence-corrected chi connectivity index (χ0v) is 10.6. The third-order valence-corrected chi connectivity index (χ3v) is 3.47. The van der Waals surface area contributed by atoms with Crippen molar-refractivity contribution >= 4 is 5.91 Å². The zero-order valence-electron chi connectivity index (χ0n) is 10.6. The van der Waals surface area contributed by atoms with Gasteiger partial charge < -0.3 is 10.2 Å². The van der Waals surface area contributed by atoms with E-state index in [0.717, 1.165) is 25.9 Å². The highest BCUT2D eigenvalue weighted by Gasteiger charge is 2.27. The van der Waals surface area contributed by atoms with Crippen LogP contribution in [0.15, 0.2) is 24.3 Å². The topological polar surface area (TPSA) is 32.3 Å². The third-order valence-electron chi connectivity index (χ3n) is 3.47. The summed E-state index contributed by atoms with van der Waals surface area (Å²) in [4.78, 5) is 13.5. The Morgan fingerprint density at radius 1 is 1.41 bits per heavy atom. The molecule has 1 unspecified atom stereocenters. The molecule has 2 rings (SSSR count). The molecular weight excluding hydrogens is 212 g/mol. The molecule has 17 heavy (non-hydrogen) atoms. The summed E-state index contributed by atoms with van der Waals surface area (Å²) in [7, 11) is 1.87. The first-order chi connectivity index (χ1) is 8.18. The fourth-order valence-electron chi connectivity index (χ4n) is 2.28. The van der Waals surface area contributed by atoms with Crippen LogP contribution in [0.25, 0.3) is 0 Å². The summed E-state index contributed by atoms with van der Waals surface area (Å²) < 4.78 is 0. The Morgan fingerprint density at radius 2 is 2.18 bits per heavy atom. The predicted molar refractivity (Wildman–Crippen MR) is 68.9 cm³/mol. The van der Waals surface area contributed by atoms with Crippen LogP contribution in [-0.4, -0.2) is 37.0 Å². The first-order valence-electron chi connectivity index (χ1n) is 6.21. The van der Waals surface area contributed by atoms with E-state index in [-0.39, 0.29) is 11.9 Å². The normalized spacial score (nSPS) is 20.0. The molecule has 0 saturated carbocycles. The molecule has 3 heteroatoms. The van der Waals surface area contributed by atoms with Crippen molar-refractivity contribution in [2.45, 2.75) is 25.8 Å². The van der Waals surface area contributed by atoms with Gasteiger partial charge in [-0.2, -0.15) is 0 Å². The maximum absolute atomic E-state index is 11.7. The van der Waals surface area contributed by atoms with E-state index < -0.39 is 0 Å². The van der Waals surface area contributed by atoms with Gasteiger partial charge in [-0.15, -0.1) is 0 Å². The molecule has 1 saturated heterocycles. The Kier molecular flexibility index (Phi) is 3.79. The minimum atomic E-state index is 0.0315. The van der Waals surface area contributed by atoms with E-state index in [9.17, 15) is 4.79 Å². The summed E-state index contributed by atoms with van der Waals surface area (Å²) in [6.07, 6.45) is 1.92. The second kappa shape index (κ2) is 5.32. The van der Waals surface area contributed by atoms with Gasteiger partial charge in [-0.1, -0.05) is 24.3 Å². The van der Waals surface area contributed by atoms with E-state index in [0.29, 0.717) is 0 Å². The summed E-state index contributed by atoms with van der Waals surface area (Å²) in [6, 6.07) is 8.44. The number of carbonyl (C=O) groups is 1. The molecule has 1 amide bonds. The molecule has 1 heterocycles. The number of carbonyl (C=O) groups excluding carboxylic acids is 1. The summed E-state index contributed by atoms with van der Waals surface area (Å²) in [6.45, 7) is 3.87. The van der Waals surface area contributed by atoms with Gasteiger partial charge in [0.2, 0.25) is 5.91 Å². The average Bonchev–Trinajstić information content (AvgIpc) is 2.63. The van der Waals surface area contributed by atoms with Crippen molar-refractivity contribution in [1.82, 2.24) is 10.2 Å². The van der Waals surface area contributed by atoms with E-state index >= 15 is 0 Å². The molecule has 1 aromatic carbocycles. The van der Waals surface area contributed by atoms with Crippen LogP contribution >= 0.6 is 0 Å². The van der Waals surface area contributed by atoms with Gasteiger partial charge in [-0.05, 0) is 37.4 Å². The lowest BCUT2D eigenvalue weighted by atomic mass is 10.1. The van der Waals surface area contributed by atoms with E-state index in [1.54, 1.807) is 4.90 Å². The number of nitrogens with one attached hydrogen (secondary N) is 1. The Balaban J connectivity index is 1.81. The number of nitrogens with zero attached hydrogens (tertiary/aromatic N) is 1. The monoisotopic (exact) mass is 232 g/mol. The Bertz CT molecular complexity index is 403. The van der Waals surface area contributed by atoms with Crippen LogP contribution < -0.4 is 5.32 Å². The van der Waals surface area contributed by atoms with Gasteiger partial charge in [0.15, 0.2) is 0 Å². The van der Waals surface area contributed by atoms with E-state index in [1.165, 1.54) is 11.1 Å². The van der Waals surface area contributed by atoms with E-state index in [1.807, 2.05) is 7.05 Å². The standard InChI is InChI=1S/C14H20N2O/c1-11-5-3-4-6-12(11)7-9-15-13-8-10-16(2)14(13)17/h3-6,13,15H,7-10H2,1-2H3. The molecule has 92 valence electrons. The summed E-state index contributed by atoms with van der Waals surface area (Å²) >= 11 is 0. The summed E-state index contributed by atoms with van der Waals surface area (Å²) in [5.74, 6) is 0.231. The van der Waals surface area contributed by atoms with Gasteiger partial charge in [-0.3, -0.25) is 4.79 Å². The minimum Gasteiger partial charge on any atom is -0.344 e. The maximum Gasteiger partial charge on any atom is 0.239 e. The van der Waals surface area contributed by atoms with Crippen molar-refractivity contribution in [2.75, 3.05) is 20.1 Å². The number of hydrogen-bond acceptors (Lipinski definition) is 2. The average molecular weight is 232 g/mol. The molecule has 1 aromatic rings. The zero-order chi connectivity index (χ0) is 12.3. The first-order valence-corrected chi connectivity index (χ1v) is 6.21. The third kappa shape index (κ3) is 2.86. The second-order valence-electron chi connectivity index (χ2n) is 4.73. The van der Waals surface area contributed by atoms with E-state index in [2.05, 4.69) is 36.5 Å². The molecule has 1 fully saturated rings. The van der Waals surface area contributed by atoms with Crippen LogP contribution in [0.3, 0.4) is 0 Å². The Morgan fingerprint density at radius 3 is 2.82 bits per heavy atom. The number of hydrogen-bond donors (Lipinski definition) is 1. The SMILES string of the molecule is Cc1ccccc1CCNC1CCN(C)C1=O. The molecule has 0 spiro atoms. The van der Waals surface area contributed by atoms with Crippen molar-refractivity contribution in [3.63, 3.8) is 0 Å². The molecule has 1 N–H and O–H groups in total. The quantitative estimate of drug-likeness (QED) is 0.850. The van der Waals surface area contributed by atoms with Crippen LogP contribution in [0.1, 0.15) is 17.5 Å². The summed E-state index contributed by atoms with van der Waals surface area (Å²) in [5, 5.41) is 3.35. The minimum absolute atomic E-state index is 0.0315. The predicted octanol–water partition coefficient (Wildman–Crippen LogP) is 1.36. The van der Waals surface area contributed by atoms with Gasteiger partial charge in [0, 0.05) is 13.6 Å². The van der Waals surface area contributed by atoms with Gasteiger partial charge in [0.1, 0.15) is 0 Å². The highest BCUT2D eigenvalue weighted by molar-refractivity contribution is 5.83. The molecule has 1 aliphatic heterocycles. The van der Waals surface area contributed by atoms with Crippen molar-refractivity contribution in [1.29, 1.82) is 0 Å². The van der Waals surface area contributed by atoms with Crippen LogP contribution in [0, 0.1) is 6.92 Å². The number of likely N-dealkylation sites (N-methyl/N-ethyl adjacent to an activating group) is 1. The molecule has 1 atom stereocenters. The van der Waals surface area contributed by atoms with Crippen LogP contribution in [0.5, 0.6) is 0 Å². The number of rotatable bonds is 4. The number of amides is 1. The molecule has 3 nitrogen and oxygen atoms in total. The van der Waals surface area contributed by atoms with Crippen LogP contribution in [0.4, 0.5) is 0 Å². The molecule has 0 bridgehead atoms. The van der Waals surface area contributed by atoms with Crippen molar-refractivity contribution in [3.8, 4) is 0 Å². The van der Waals surface area contributed by atoms with Crippen molar-refractivity contribution in [3.05, 3.63) is 35.4 Å². The number of likely N-dealkylation sites (tertiary alicyclic amines) is 1. The van der Waals surface area contributed by atoms with Crippen molar-refractivity contribution in [2.24, 2.45) is 0 Å². The lowest BCUT2D eigenvalue weighted by molar-refractivity contribution is -0.128. The van der Waals surface area contributed by atoms with Crippen LogP contribution in [-0.2, 0) is 11.2 Å². The maximum atomic E-state index is 11.7. The van der Waals surface area contributed by atoms with E-state index in [4.69, 9.17) is 0 Å². The van der Waals surface area contributed by atoms with Crippen molar-refractivity contribution < 1.29 is 4.79 Å². The first kappa shape index (κ1) is 12.1. The van der Waals surface area contributed by atoms with Gasteiger partial charge >= 0.3 is 0 Å². The lowest BCUT2D eigenvalue weighted by Gasteiger charge is -2.12. The molecule has 1 aliphatic rings. The molecule has 0 radical (unpaired) electrons. The second-order valence-corrected chi connectivity index (χ2v) is 4.73. The molecular formula is C14H20N2O. The highest BCUT2D eigenvalue weighted by atomic mass is 16.2. The van der Waals surface area contributed by atoms with Gasteiger partial charge in [0.05, 0.1) is 6.04 Å². The fraction of sp³-hybridized carbons (Fsp3) is 0.500. The highest BCUT2D eigenvalue weighted by Crippen LogP contribution is 2.10. The van der Waals surface area contributed by atoms with Gasteiger partial charge in [0.25, 0.3) is 0 Å². The smallest absolute Gasteiger partial charge is 0.239 e. The molecule has 0 aromatic heterocycles.